The minimum absolute atomic E-state index is 0.0859. The van der Waals surface area contributed by atoms with Crippen LogP contribution in [-0.4, -0.2) is 39.0 Å². The highest BCUT2D eigenvalue weighted by Crippen LogP contribution is 2.56. The molecule has 2 aromatic carbocycles. The van der Waals surface area contributed by atoms with E-state index in [4.69, 9.17) is 11.6 Å². The summed E-state index contributed by atoms with van der Waals surface area (Å²) >= 11 is 6.14. The summed E-state index contributed by atoms with van der Waals surface area (Å²) in [5.74, 6) is 0.884. The van der Waals surface area contributed by atoms with Gasteiger partial charge in [0.05, 0.1) is 18.4 Å². The summed E-state index contributed by atoms with van der Waals surface area (Å²) in [5, 5.41) is 12.7. The van der Waals surface area contributed by atoms with Crippen LogP contribution in [-0.2, 0) is 13.0 Å². The number of hydrogen-bond acceptors (Lipinski definition) is 3. The normalized spacial score (nSPS) is 21.7. The van der Waals surface area contributed by atoms with Gasteiger partial charge in [-0.25, -0.2) is 4.79 Å². The second kappa shape index (κ2) is 6.63. The van der Waals surface area contributed by atoms with Crippen molar-refractivity contribution >= 4 is 17.6 Å². The maximum atomic E-state index is 12.6. The molecule has 2 aliphatic rings. The molecular formula is C21H20ClN5O. The maximum absolute atomic E-state index is 12.6. The van der Waals surface area contributed by atoms with Gasteiger partial charge in [0.1, 0.15) is 5.69 Å². The van der Waals surface area contributed by atoms with E-state index in [1.807, 2.05) is 42.5 Å². The van der Waals surface area contributed by atoms with E-state index >= 15 is 0 Å². The average Bonchev–Trinajstić information content (AvgIpc) is 3.04. The summed E-state index contributed by atoms with van der Waals surface area (Å²) in [6, 6.07) is 15.9. The summed E-state index contributed by atoms with van der Waals surface area (Å²) in [4.78, 5) is 15.8. The van der Waals surface area contributed by atoms with Crippen molar-refractivity contribution in [1.29, 1.82) is 0 Å². The number of urea groups is 1. The van der Waals surface area contributed by atoms with E-state index < -0.39 is 0 Å². The van der Waals surface area contributed by atoms with Crippen molar-refractivity contribution in [3.8, 4) is 5.69 Å². The van der Waals surface area contributed by atoms with E-state index in [1.165, 1.54) is 11.1 Å². The van der Waals surface area contributed by atoms with Crippen molar-refractivity contribution in [1.82, 2.24) is 25.2 Å². The van der Waals surface area contributed by atoms with Crippen molar-refractivity contribution in [2.75, 3.05) is 7.05 Å². The zero-order valence-corrected chi connectivity index (χ0v) is 16.2. The van der Waals surface area contributed by atoms with Crippen LogP contribution in [0.25, 0.3) is 5.69 Å². The SMILES string of the molecule is CN(Cc1cnn(-c2ccccc2)n1)C(=O)NC1C2Cc3ccc(Cl)cc3C21. The molecule has 0 saturated heterocycles. The summed E-state index contributed by atoms with van der Waals surface area (Å²) in [5.41, 5.74) is 4.28. The van der Waals surface area contributed by atoms with E-state index in [9.17, 15) is 4.79 Å². The molecule has 0 spiro atoms. The second-order valence-electron chi connectivity index (χ2n) is 7.53. The number of nitrogens with one attached hydrogen (secondary N) is 1. The standard InChI is InChI=1S/C21H20ClN5O/c1-26(12-15-11-23-27(25-15)16-5-3-2-4-6-16)21(28)24-20-18-9-13-7-8-14(22)10-17(13)19(18)20/h2-8,10-11,18-20H,9,12H2,1H3,(H,24,28). The third-order valence-electron chi connectivity index (χ3n) is 5.65. The van der Waals surface area contributed by atoms with Gasteiger partial charge in [-0.2, -0.15) is 15.0 Å². The van der Waals surface area contributed by atoms with Crippen LogP contribution in [0.5, 0.6) is 0 Å². The lowest BCUT2D eigenvalue weighted by atomic mass is 10.1. The van der Waals surface area contributed by atoms with Crippen LogP contribution in [0, 0.1) is 5.92 Å². The molecule has 1 aromatic heterocycles. The van der Waals surface area contributed by atoms with Crippen LogP contribution in [0.2, 0.25) is 5.02 Å². The van der Waals surface area contributed by atoms with Gasteiger partial charge in [-0.05, 0) is 47.7 Å². The van der Waals surface area contributed by atoms with Gasteiger partial charge < -0.3 is 10.2 Å². The molecule has 1 fully saturated rings. The Bertz CT molecular complexity index is 1030. The number of para-hydroxylation sites is 1. The lowest BCUT2D eigenvalue weighted by Gasteiger charge is -2.18. The molecule has 3 aromatic rings. The fraction of sp³-hybridized carbons (Fsp3) is 0.286. The zero-order chi connectivity index (χ0) is 19.3. The topological polar surface area (TPSA) is 63.1 Å². The predicted octanol–water partition coefficient (Wildman–Crippen LogP) is 3.40. The van der Waals surface area contributed by atoms with Crippen LogP contribution < -0.4 is 5.32 Å². The van der Waals surface area contributed by atoms with Gasteiger partial charge in [0.2, 0.25) is 0 Å². The quantitative estimate of drug-likeness (QED) is 0.738. The monoisotopic (exact) mass is 393 g/mol. The molecule has 0 bridgehead atoms. The fourth-order valence-electron chi connectivity index (χ4n) is 4.19. The van der Waals surface area contributed by atoms with Crippen molar-refractivity contribution in [3.63, 3.8) is 0 Å². The Hall–Kier alpha value is -2.86. The van der Waals surface area contributed by atoms with Crippen molar-refractivity contribution in [3.05, 3.63) is 76.6 Å². The second-order valence-corrected chi connectivity index (χ2v) is 7.97. The Morgan fingerprint density at radius 1 is 1.29 bits per heavy atom. The molecule has 28 heavy (non-hydrogen) atoms. The first-order chi connectivity index (χ1) is 13.6. The van der Waals surface area contributed by atoms with E-state index in [0.717, 1.165) is 22.8 Å². The highest BCUT2D eigenvalue weighted by atomic mass is 35.5. The minimum atomic E-state index is -0.0859. The number of halogens is 1. The van der Waals surface area contributed by atoms with Gasteiger partial charge >= 0.3 is 6.03 Å². The van der Waals surface area contributed by atoms with Crippen LogP contribution in [0.1, 0.15) is 22.7 Å². The third-order valence-corrected chi connectivity index (χ3v) is 5.89. The predicted molar refractivity (Wildman–Crippen MR) is 107 cm³/mol. The Morgan fingerprint density at radius 3 is 2.93 bits per heavy atom. The number of hydrogen-bond donors (Lipinski definition) is 1. The van der Waals surface area contributed by atoms with Gasteiger partial charge in [0.15, 0.2) is 0 Å². The molecule has 1 heterocycles. The van der Waals surface area contributed by atoms with Gasteiger partial charge in [-0.1, -0.05) is 35.9 Å². The Morgan fingerprint density at radius 2 is 2.11 bits per heavy atom. The maximum Gasteiger partial charge on any atom is 0.317 e. The number of fused-ring (bicyclic) bond motifs is 3. The molecule has 6 nitrogen and oxygen atoms in total. The molecule has 1 N–H and O–H groups in total. The molecule has 0 aliphatic heterocycles. The fourth-order valence-corrected chi connectivity index (χ4v) is 4.37. The van der Waals surface area contributed by atoms with Crippen LogP contribution in [0.15, 0.2) is 54.7 Å². The Labute approximate surface area is 168 Å². The van der Waals surface area contributed by atoms with E-state index in [2.05, 4.69) is 21.6 Å². The summed E-state index contributed by atoms with van der Waals surface area (Å²) < 4.78 is 0. The number of benzene rings is 2. The number of carbonyl (C=O) groups excluding carboxylic acids is 1. The van der Waals surface area contributed by atoms with Crippen molar-refractivity contribution in [2.24, 2.45) is 5.92 Å². The molecular weight excluding hydrogens is 374 g/mol. The smallest absolute Gasteiger partial charge is 0.317 e. The molecule has 1 saturated carbocycles. The highest BCUT2D eigenvalue weighted by molar-refractivity contribution is 6.30. The molecule has 2 amide bonds. The van der Waals surface area contributed by atoms with E-state index in [0.29, 0.717) is 18.4 Å². The number of amides is 2. The number of nitrogens with zero attached hydrogens (tertiary/aromatic N) is 4. The van der Waals surface area contributed by atoms with Crippen LogP contribution in [0.4, 0.5) is 4.79 Å². The molecule has 5 rings (SSSR count). The number of carbonyl (C=O) groups is 1. The van der Waals surface area contributed by atoms with Crippen LogP contribution in [0.3, 0.4) is 0 Å². The minimum Gasteiger partial charge on any atom is -0.334 e. The van der Waals surface area contributed by atoms with Gasteiger partial charge in [-0.3, -0.25) is 0 Å². The first-order valence-electron chi connectivity index (χ1n) is 9.37. The summed E-state index contributed by atoms with van der Waals surface area (Å²) in [6.45, 7) is 0.406. The number of aromatic nitrogens is 3. The highest BCUT2D eigenvalue weighted by Gasteiger charge is 2.56. The largest absolute Gasteiger partial charge is 0.334 e. The van der Waals surface area contributed by atoms with E-state index in [-0.39, 0.29) is 12.1 Å². The van der Waals surface area contributed by atoms with E-state index in [1.54, 1.807) is 22.9 Å². The third kappa shape index (κ3) is 3.03. The van der Waals surface area contributed by atoms with Crippen LogP contribution >= 0.6 is 11.6 Å². The molecule has 3 atom stereocenters. The lowest BCUT2D eigenvalue weighted by Crippen LogP contribution is -2.39. The Balaban J connectivity index is 1.20. The van der Waals surface area contributed by atoms with Crippen molar-refractivity contribution in [2.45, 2.75) is 24.9 Å². The zero-order valence-electron chi connectivity index (χ0n) is 15.4. The molecule has 0 radical (unpaired) electrons. The first kappa shape index (κ1) is 17.3. The summed E-state index contributed by atoms with van der Waals surface area (Å²) in [6.07, 6.45) is 2.71. The van der Waals surface area contributed by atoms with Crippen molar-refractivity contribution < 1.29 is 4.79 Å². The molecule has 7 heteroatoms. The van der Waals surface area contributed by atoms with Gasteiger partial charge in [-0.15, -0.1) is 0 Å². The lowest BCUT2D eigenvalue weighted by molar-refractivity contribution is 0.205. The molecule has 2 aliphatic carbocycles. The molecule has 142 valence electrons. The first-order valence-corrected chi connectivity index (χ1v) is 9.74. The van der Waals surface area contributed by atoms with Gasteiger partial charge in [0.25, 0.3) is 0 Å². The summed E-state index contributed by atoms with van der Waals surface area (Å²) in [7, 11) is 1.78. The Kier molecular flexibility index (Phi) is 4.09. The average molecular weight is 394 g/mol. The number of rotatable bonds is 4. The molecule has 3 unspecified atom stereocenters. The van der Waals surface area contributed by atoms with Gasteiger partial charge in [0, 0.05) is 24.0 Å².